The summed E-state index contributed by atoms with van der Waals surface area (Å²) in [5.41, 5.74) is 2.72. The van der Waals surface area contributed by atoms with E-state index in [1.807, 2.05) is 0 Å². The molecule has 112 valence electrons. The number of rotatable bonds is 0. The molecule has 0 fully saturated rings. The van der Waals surface area contributed by atoms with Gasteiger partial charge in [-0.3, -0.25) is 0 Å². The van der Waals surface area contributed by atoms with Crippen LogP contribution < -0.4 is 0 Å². The summed E-state index contributed by atoms with van der Waals surface area (Å²) in [6, 6.07) is 22.8. The predicted octanol–water partition coefficient (Wildman–Crippen LogP) is 6.95. The number of benzene rings is 6. The Bertz CT molecular complexity index is 1380. The van der Waals surface area contributed by atoms with Gasteiger partial charge in [0.2, 0.25) is 0 Å². The molecular weight excluding hydrogens is 288 g/mol. The molecule has 0 heterocycles. The quantitative estimate of drug-likeness (QED) is 0.210. The molecule has 0 saturated carbocycles. The Labute approximate surface area is 140 Å². The van der Waals surface area contributed by atoms with Gasteiger partial charge in [0.05, 0.1) is 0 Å². The fourth-order valence-electron chi connectivity index (χ4n) is 4.72. The fraction of sp³-hybridized carbons (Fsp3) is 0.0833. The molecule has 0 atom stereocenters. The number of hydrogen-bond acceptors (Lipinski definition) is 0. The van der Waals surface area contributed by atoms with Crippen LogP contribution in [0.1, 0.15) is 11.1 Å². The zero-order chi connectivity index (χ0) is 16.0. The highest BCUT2D eigenvalue weighted by molar-refractivity contribution is 6.40. The van der Waals surface area contributed by atoms with Crippen LogP contribution >= 0.6 is 0 Å². The number of hydrogen-bond donors (Lipinski definition) is 0. The second-order valence-electron chi connectivity index (χ2n) is 7.10. The molecule has 6 rings (SSSR count). The molecule has 0 bridgehead atoms. The van der Waals surface area contributed by atoms with E-state index in [-0.39, 0.29) is 0 Å². The van der Waals surface area contributed by atoms with Crippen LogP contribution in [0.3, 0.4) is 0 Å². The molecular formula is C24H16. The van der Waals surface area contributed by atoms with Gasteiger partial charge < -0.3 is 0 Å². The van der Waals surface area contributed by atoms with Gasteiger partial charge >= 0.3 is 0 Å². The SMILES string of the molecule is Cc1ccc2c3cccc4c(C)cc5ccc6ccc1c2c6c5c43. The summed E-state index contributed by atoms with van der Waals surface area (Å²) < 4.78 is 0. The standard InChI is InChI=1S/C24H16/c1-13-6-10-20-19-5-3-4-17-14(2)12-16-8-7-15-9-11-18(13)24(20)21(15)22(16)23(17)19/h3-12H,1-2H3. The van der Waals surface area contributed by atoms with E-state index in [9.17, 15) is 0 Å². The van der Waals surface area contributed by atoms with Crippen LogP contribution in [0, 0.1) is 13.8 Å². The van der Waals surface area contributed by atoms with Gasteiger partial charge in [0.25, 0.3) is 0 Å². The average molecular weight is 304 g/mol. The lowest BCUT2D eigenvalue weighted by atomic mass is 9.84. The Morgan fingerprint density at radius 3 is 1.92 bits per heavy atom. The maximum Gasteiger partial charge on any atom is -0.00139 e. The summed E-state index contributed by atoms with van der Waals surface area (Å²) in [4.78, 5) is 0. The molecule has 0 radical (unpaired) electrons. The first-order valence-corrected chi connectivity index (χ1v) is 8.55. The molecule has 0 heteroatoms. The molecule has 6 aromatic rings. The van der Waals surface area contributed by atoms with Crippen LogP contribution in [0.4, 0.5) is 0 Å². The lowest BCUT2D eigenvalue weighted by molar-refractivity contribution is 1.55. The largest absolute Gasteiger partial charge is 0.0610 e. The van der Waals surface area contributed by atoms with E-state index in [1.165, 1.54) is 65.0 Å². The molecule has 0 aliphatic carbocycles. The van der Waals surface area contributed by atoms with E-state index in [0.29, 0.717) is 0 Å². The van der Waals surface area contributed by atoms with Crippen LogP contribution in [0.15, 0.2) is 60.7 Å². The molecule has 0 aliphatic heterocycles. The van der Waals surface area contributed by atoms with Crippen molar-refractivity contribution in [3.63, 3.8) is 0 Å². The second-order valence-corrected chi connectivity index (χ2v) is 7.10. The van der Waals surface area contributed by atoms with Crippen molar-refractivity contribution in [3.8, 4) is 0 Å². The van der Waals surface area contributed by atoms with E-state index in [1.54, 1.807) is 0 Å². The Kier molecular flexibility index (Phi) is 2.07. The monoisotopic (exact) mass is 304 g/mol. The summed E-state index contributed by atoms with van der Waals surface area (Å²) in [6.45, 7) is 4.45. The van der Waals surface area contributed by atoms with Crippen LogP contribution in [0.25, 0.3) is 53.9 Å². The smallest absolute Gasteiger partial charge is 0.00139 e. The normalized spacial score (nSPS) is 12.6. The maximum atomic E-state index is 2.35. The third-order valence-electron chi connectivity index (χ3n) is 5.81. The highest BCUT2D eigenvalue weighted by Gasteiger charge is 2.17. The third-order valence-corrected chi connectivity index (χ3v) is 5.81. The lowest BCUT2D eigenvalue weighted by Gasteiger charge is -2.19. The summed E-state index contributed by atoms with van der Waals surface area (Å²) >= 11 is 0. The van der Waals surface area contributed by atoms with E-state index in [2.05, 4.69) is 74.5 Å². The van der Waals surface area contributed by atoms with Gasteiger partial charge in [-0.05, 0) is 78.8 Å². The van der Waals surface area contributed by atoms with Crippen molar-refractivity contribution < 1.29 is 0 Å². The van der Waals surface area contributed by atoms with E-state index < -0.39 is 0 Å². The second kappa shape index (κ2) is 3.96. The maximum absolute atomic E-state index is 2.35. The van der Waals surface area contributed by atoms with Crippen molar-refractivity contribution >= 4 is 53.9 Å². The van der Waals surface area contributed by atoms with Crippen LogP contribution in [0.5, 0.6) is 0 Å². The molecule has 0 spiro atoms. The van der Waals surface area contributed by atoms with Crippen molar-refractivity contribution in [1.29, 1.82) is 0 Å². The van der Waals surface area contributed by atoms with Crippen molar-refractivity contribution in [3.05, 3.63) is 71.8 Å². The van der Waals surface area contributed by atoms with Gasteiger partial charge in [0, 0.05) is 0 Å². The summed E-state index contributed by atoms with van der Waals surface area (Å²) in [6.07, 6.45) is 0. The van der Waals surface area contributed by atoms with E-state index in [0.717, 1.165) is 0 Å². The highest BCUT2D eigenvalue weighted by Crippen LogP contribution is 2.45. The number of fused-ring (bicyclic) bond motifs is 1. The molecule has 0 unspecified atom stereocenters. The van der Waals surface area contributed by atoms with Gasteiger partial charge in [0.15, 0.2) is 0 Å². The first-order valence-electron chi connectivity index (χ1n) is 8.55. The Morgan fingerprint density at radius 1 is 0.458 bits per heavy atom. The molecule has 0 N–H and O–H groups in total. The van der Waals surface area contributed by atoms with Gasteiger partial charge in [-0.2, -0.15) is 0 Å². The molecule has 6 aromatic carbocycles. The average Bonchev–Trinajstić information content (AvgIpc) is 2.61. The zero-order valence-corrected chi connectivity index (χ0v) is 13.8. The molecule has 24 heavy (non-hydrogen) atoms. The zero-order valence-electron chi connectivity index (χ0n) is 13.8. The predicted molar refractivity (Wildman–Crippen MR) is 106 cm³/mol. The van der Waals surface area contributed by atoms with Crippen molar-refractivity contribution in [1.82, 2.24) is 0 Å². The lowest BCUT2D eigenvalue weighted by Crippen LogP contribution is -1.92. The number of aryl methyl sites for hydroxylation is 2. The molecule has 0 saturated heterocycles. The van der Waals surface area contributed by atoms with E-state index in [4.69, 9.17) is 0 Å². The first kappa shape index (κ1) is 12.5. The summed E-state index contributed by atoms with van der Waals surface area (Å²) in [7, 11) is 0. The topological polar surface area (TPSA) is 0 Å². The summed E-state index contributed by atoms with van der Waals surface area (Å²) in [5.74, 6) is 0. The highest BCUT2D eigenvalue weighted by atomic mass is 14.2. The minimum absolute atomic E-state index is 1.35. The van der Waals surface area contributed by atoms with Gasteiger partial charge in [-0.25, -0.2) is 0 Å². The Hall–Kier alpha value is -2.86. The Morgan fingerprint density at radius 2 is 1.04 bits per heavy atom. The van der Waals surface area contributed by atoms with Crippen molar-refractivity contribution in [2.24, 2.45) is 0 Å². The molecule has 0 nitrogen and oxygen atoms in total. The van der Waals surface area contributed by atoms with Crippen molar-refractivity contribution in [2.75, 3.05) is 0 Å². The van der Waals surface area contributed by atoms with Gasteiger partial charge in [0.1, 0.15) is 0 Å². The molecule has 0 aromatic heterocycles. The minimum Gasteiger partial charge on any atom is -0.0610 e. The third kappa shape index (κ3) is 1.28. The van der Waals surface area contributed by atoms with Gasteiger partial charge in [-0.15, -0.1) is 0 Å². The minimum atomic E-state index is 1.35. The fourth-order valence-corrected chi connectivity index (χ4v) is 4.72. The molecule has 0 aliphatic rings. The first-order chi connectivity index (χ1) is 11.7. The summed E-state index contributed by atoms with van der Waals surface area (Å²) in [5, 5.41) is 14.0. The van der Waals surface area contributed by atoms with Crippen LogP contribution in [-0.4, -0.2) is 0 Å². The van der Waals surface area contributed by atoms with Crippen molar-refractivity contribution in [2.45, 2.75) is 13.8 Å². The van der Waals surface area contributed by atoms with Gasteiger partial charge in [-0.1, -0.05) is 60.7 Å². The molecule has 0 amide bonds. The van der Waals surface area contributed by atoms with E-state index >= 15 is 0 Å². The van der Waals surface area contributed by atoms with Crippen LogP contribution in [-0.2, 0) is 0 Å². The van der Waals surface area contributed by atoms with Crippen LogP contribution in [0.2, 0.25) is 0 Å². The Balaban J connectivity index is 2.18.